The van der Waals surface area contributed by atoms with Crippen molar-refractivity contribution >= 4 is 22.3 Å². The molecule has 0 atom stereocenters. The molecule has 6 nitrogen and oxygen atoms in total. The number of hydrogen-bond acceptors (Lipinski definition) is 5. The van der Waals surface area contributed by atoms with Gasteiger partial charge in [0.05, 0.1) is 36.6 Å². The maximum atomic E-state index is 11.4. The number of ether oxygens (including phenoxy) is 2. The van der Waals surface area contributed by atoms with E-state index >= 15 is 0 Å². The summed E-state index contributed by atoms with van der Waals surface area (Å²) in [4.78, 5) is 4.77. The van der Waals surface area contributed by atoms with Gasteiger partial charge in [0.25, 0.3) is 0 Å². The molecule has 1 aliphatic carbocycles. The molecule has 0 unspecified atom stereocenters. The number of nitrogens with one attached hydrogen (secondary N) is 1. The molecule has 0 spiro atoms. The van der Waals surface area contributed by atoms with Crippen molar-refractivity contribution in [3.8, 4) is 5.88 Å². The van der Waals surface area contributed by atoms with E-state index in [9.17, 15) is 5.11 Å². The molecule has 0 amide bonds. The van der Waals surface area contributed by atoms with Crippen LogP contribution < -0.4 is 5.32 Å². The Balaban J connectivity index is 1.60. The molecule has 2 aliphatic heterocycles. The van der Waals surface area contributed by atoms with E-state index in [-0.39, 0.29) is 6.04 Å². The summed E-state index contributed by atoms with van der Waals surface area (Å²) in [6.45, 7) is 3.45. The van der Waals surface area contributed by atoms with Gasteiger partial charge in [-0.2, -0.15) is 0 Å². The molecule has 1 saturated carbocycles. The third-order valence-electron chi connectivity index (χ3n) is 6.57. The van der Waals surface area contributed by atoms with Gasteiger partial charge in [0.1, 0.15) is 0 Å². The second-order valence-electron chi connectivity index (χ2n) is 8.46. The van der Waals surface area contributed by atoms with Crippen LogP contribution in [-0.4, -0.2) is 54.4 Å². The van der Waals surface area contributed by atoms with Crippen LogP contribution in [0.1, 0.15) is 56.6 Å². The molecule has 2 aromatic rings. The number of aliphatic imine (C=N–C) groups is 1. The van der Waals surface area contributed by atoms with Gasteiger partial charge in [-0.3, -0.25) is 4.99 Å². The molecule has 2 N–H and O–H groups in total. The van der Waals surface area contributed by atoms with Crippen molar-refractivity contribution < 1.29 is 14.6 Å². The van der Waals surface area contributed by atoms with Gasteiger partial charge in [0.15, 0.2) is 0 Å². The molecule has 0 bridgehead atoms. The van der Waals surface area contributed by atoms with Gasteiger partial charge in [-0.15, -0.1) is 0 Å². The summed E-state index contributed by atoms with van der Waals surface area (Å²) >= 11 is 0. The van der Waals surface area contributed by atoms with Crippen molar-refractivity contribution in [1.82, 2.24) is 4.57 Å². The quantitative estimate of drug-likeness (QED) is 0.809. The highest BCUT2D eigenvalue weighted by molar-refractivity contribution is 6.14. The fraction of sp³-hybridized carbons (Fsp3) is 0.609. The molecule has 29 heavy (non-hydrogen) atoms. The lowest BCUT2D eigenvalue weighted by atomic mass is 10.0. The second-order valence-corrected chi connectivity index (χ2v) is 8.46. The average Bonchev–Trinajstić information content (AvgIpc) is 3.25. The lowest BCUT2D eigenvalue weighted by Gasteiger charge is -2.25. The normalized spacial score (nSPS) is 22.0. The maximum Gasteiger partial charge on any atom is 0.201 e. The van der Waals surface area contributed by atoms with Crippen molar-refractivity contribution in [3.05, 3.63) is 23.8 Å². The van der Waals surface area contributed by atoms with E-state index in [1.807, 2.05) is 0 Å². The lowest BCUT2D eigenvalue weighted by molar-refractivity contribution is 0.0688. The Labute approximate surface area is 171 Å². The monoisotopic (exact) mass is 397 g/mol. The Hall–Kier alpha value is -2.05. The summed E-state index contributed by atoms with van der Waals surface area (Å²) in [6, 6.07) is 7.37. The fourth-order valence-corrected chi connectivity index (χ4v) is 5.09. The third kappa shape index (κ3) is 3.76. The Kier molecular flexibility index (Phi) is 5.46. The third-order valence-corrected chi connectivity index (χ3v) is 6.57. The minimum atomic E-state index is 0.260. The van der Waals surface area contributed by atoms with Crippen molar-refractivity contribution in [2.45, 2.75) is 57.0 Å². The summed E-state index contributed by atoms with van der Waals surface area (Å²) in [5.74, 6) is 0.352. The molecule has 5 rings (SSSR count). The van der Waals surface area contributed by atoms with Crippen LogP contribution in [0.15, 0.2) is 23.2 Å². The topological polar surface area (TPSA) is 68.0 Å². The van der Waals surface area contributed by atoms with Crippen LogP contribution in [0, 0.1) is 0 Å². The first-order chi connectivity index (χ1) is 14.3. The largest absolute Gasteiger partial charge is 0.494 e. The SMILES string of the molecule is Oc1c(C2=NCCOCC2)c2cc(NC3CCCC3)ccc2n1C1CCOCC1. The zero-order valence-corrected chi connectivity index (χ0v) is 17.0. The fourth-order valence-electron chi connectivity index (χ4n) is 5.09. The highest BCUT2D eigenvalue weighted by atomic mass is 16.5. The summed E-state index contributed by atoms with van der Waals surface area (Å²) in [5.41, 5.74) is 4.09. The molecule has 1 aromatic heterocycles. The van der Waals surface area contributed by atoms with Crippen molar-refractivity contribution in [2.24, 2.45) is 4.99 Å². The van der Waals surface area contributed by atoms with Gasteiger partial charge in [-0.05, 0) is 43.9 Å². The minimum Gasteiger partial charge on any atom is -0.494 e. The summed E-state index contributed by atoms with van der Waals surface area (Å²) < 4.78 is 13.3. The molecule has 1 saturated heterocycles. The Morgan fingerprint density at radius 1 is 1.00 bits per heavy atom. The van der Waals surface area contributed by atoms with E-state index in [0.717, 1.165) is 60.3 Å². The lowest BCUT2D eigenvalue weighted by Crippen LogP contribution is -2.19. The number of rotatable bonds is 4. The molecule has 3 heterocycles. The standard InChI is InChI=1S/C23H31N3O3/c27-23-22(20-9-13-29-14-10-24-20)19-15-17(25-16-3-1-2-4-16)5-6-21(19)26(23)18-7-11-28-12-8-18/h5-6,15-16,18,25,27H,1-4,7-14H2. The van der Waals surface area contributed by atoms with Gasteiger partial charge in [-0.25, -0.2) is 0 Å². The Bertz CT molecular complexity index is 892. The first-order valence-electron chi connectivity index (χ1n) is 11.1. The van der Waals surface area contributed by atoms with Crippen molar-refractivity contribution in [1.29, 1.82) is 0 Å². The molecule has 1 aromatic carbocycles. The number of hydrogen-bond donors (Lipinski definition) is 2. The number of fused-ring (bicyclic) bond motifs is 1. The van der Waals surface area contributed by atoms with Crippen molar-refractivity contribution in [2.75, 3.05) is 38.3 Å². The number of aromatic nitrogens is 1. The van der Waals surface area contributed by atoms with Gasteiger partial charge in [0, 0.05) is 42.8 Å². The highest BCUT2D eigenvalue weighted by Gasteiger charge is 2.27. The number of nitrogens with zero attached hydrogens (tertiary/aromatic N) is 2. The minimum absolute atomic E-state index is 0.260. The van der Waals surface area contributed by atoms with E-state index in [0.29, 0.717) is 31.7 Å². The summed E-state index contributed by atoms with van der Waals surface area (Å²) in [6.07, 6.45) is 7.68. The van der Waals surface area contributed by atoms with E-state index < -0.39 is 0 Å². The average molecular weight is 398 g/mol. The first-order valence-corrected chi connectivity index (χ1v) is 11.1. The number of benzene rings is 1. The Morgan fingerprint density at radius 3 is 2.62 bits per heavy atom. The van der Waals surface area contributed by atoms with Gasteiger partial charge < -0.3 is 24.5 Å². The van der Waals surface area contributed by atoms with Crippen LogP contribution >= 0.6 is 0 Å². The van der Waals surface area contributed by atoms with Gasteiger partial charge in [-0.1, -0.05) is 12.8 Å². The molecule has 3 aliphatic rings. The molecule has 156 valence electrons. The molecular weight excluding hydrogens is 366 g/mol. The first kappa shape index (κ1) is 18.9. The number of aromatic hydroxyl groups is 1. The van der Waals surface area contributed by atoms with Crippen LogP contribution in [0.2, 0.25) is 0 Å². The smallest absolute Gasteiger partial charge is 0.201 e. The van der Waals surface area contributed by atoms with Crippen LogP contribution in [0.25, 0.3) is 10.9 Å². The van der Waals surface area contributed by atoms with Crippen LogP contribution in [-0.2, 0) is 9.47 Å². The molecule has 2 fully saturated rings. The predicted molar refractivity (Wildman–Crippen MR) is 115 cm³/mol. The molecular formula is C23H31N3O3. The van der Waals surface area contributed by atoms with E-state index in [4.69, 9.17) is 14.5 Å². The predicted octanol–water partition coefficient (Wildman–Crippen LogP) is 4.26. The van der Waals surface area contributed by atoms with E-state index in [1.54, 1.807) is 0 Å². The zero-order valence-electron chi connectivity index (χ0n) is 17.0. The summed E-state index contributed by atoms with van der Waals surface area (Å²) in [7, 11) is 0. The van der Waals surface area contributed by atoms with Crippen LogP contribution in [0.5, 0.6) is 5.88 Å². The van der Waals surface area contributed by atoms with E-state index in [2.05, 4.69) is 28.1 Å². The Morgan fingerprint density at radius 2 is 1.79 bits per heavy atom. The number of anilines is 1. The van der Waals surface area contributed by atoms with Gasteiger partial charge in [0.2, 0.25) is 5.88 Å². The maximum absolute atomic E-state index is 11.4. The molecule has 6 heteroatoms. The molecule has 0 radical (unpaired) electrons. The second kappa shape index (κ2) is 8.36. The summed E-state index contributed by atoms with van der Waals surface area (Å²) in [5, 5.41) is 16.2. The van der Waals surface area contributed by atoms with Crippen LogP contribution in [0.3, 0.4) is 0 Å². The highest BCUT2D eigenvalue weighted by Crippen LogP contribution is 2.40. The van der Waals surface area contributed by atoms with E-state index in [1.165, 1.54) is 25.7 Å². The van der Waals surface area contributed by atoms with Crippen molar-refractivity contribution in [3.63, 3.8) is 0 Å². The van der Waals surface area contributed by atoms with Gasteiger partial charge >= 0.3 is 0 Å². The van der Waals surface area contributed by atoms with Crippen LogP contribution in [0.4, 0.5) is 5.69 Å². The zero-order chi connectivity index (χ0) is 19.6.